The van der Waals surface area contributed by atoms with Crippen molar-refractivity contribution >= 4 is 29.6 Å². The van der Waals surface area contributed by atoms with Crippen molar-refractivity contribution in [2.75, 3.05) is 11.9 Å². The Morgan fingerprint density at radius 3 is 2.87 bits per heavy atom. The molecular weight excluding hydrogens is 216 g/mol. The van der Waals surface area contributed by atoms with Gasteiger partial charge >= 0.3 is 0 Å². The van der Waals surface area contributed by atoms with E-state index in [0.717, 1.165) is 5.56 Å². The van der Waals surface area contributed by atoms with Gasteiger partial charge in [-0.1, -0.05) is 11.6 Å². The minimum atomic E-state index is -0.274. The Hall–Kier alpha value is -1.55. The summed E-state index contributed by atoms with van der Waals surface area (Å²) in [5.41, 5.74) is 1.55. The summed E-state index contributed by atoms with van der Waals surface area (Å²) < 4.78 is 0. The van der Waals surface area contributed by atoms with E-state index >= 15 is 0 Å². The zero-order valence-electron chi connectivity index (χ0n) is 8.21. The molecule has 2 amide bonds. The summed E-state index contributed by atoms with van der Waals surface area (Å²) in [5.74, 6) is -0.274. The van der Waals surface area contributed by atoms with Gasteiger partial charge in [-0.15, -0.1) is 0 Å². The van der Waals surface area contributed by atoms with Crippen molar-refractivity contribution in [3.8, 4) is 0 Å². The van der Waals surface area contributed by atoms with Crippen LogP contribution >= 0.6 is 11.6 Å². The molecule has 0 spiro atoms. The zero-order valence-corrected chi connectivity index (χ0v) is 8.97. The van der Waals surface area contributed by atoms with Crippen molar-refractivity contribution < 1.29 is 9.59 Å². The van der Waals surface area contributed by atoms with Crippen LogP contribution in [0, 0.1) is 6.92 Å². The van der Waals surface area contributed by atoms with Crippen LogP contribution in [0.15, 0.2) is 18.2 Å². The fourth-order valence-electron chi connectivity index (χ4n) is 1.06. The molecule has 0 aliphatic rings. The fraction of sp³-hybridized carbons (Fsp3) is 0.200. The molecular formula is C10H11ClN2O2. The highest BCUT2D eigenvalue weighted by Gasteiger charge is 2.02. The molecule has 0 heterocycles. The summed E-state index contributed by atoms with van der Waals surface area (Å²) in [4.78, 5) is 21.2. The topological polar surface area (TPSA) is 58.2 Å². The fourth-order valence-corrected chi connectivity index (χ4v) is 1.18. The van der Waals surface area contributed by atoms with Crippen molar-refractivity contribution in [1.82, 2.24) is 5.32 Å². The first-order chi connectivity index (χ1) is 7.13. The predicted molar refractivity (Wildman–Crippen MR) is 58.9 cm³/mol. The van der Waals surface area contributed by atoms with E-state index in [1.165, 1.54) is 0 Å². The Morgan fingerprint density at radius 1 is 1.53 bits per heavy atom. The zero-order chi connectivity index (χ0) is 11.3. The molecule has 1 aromatic rings. The Bertz CT molecular complexity index is 380. The maximum atomic E-state index is 11.2. The van der Waals surface area contributed by atoms with Crippen LogP contribution in [-0.4, -0.2) is 18.9 Å². The first-order valence-electron chi connectivity index (χ1n) is 4.36. The third-order valence-corrected chi connectivity index (χ3v) is 2.21. The highest BCUT2D eigenvalue weighted by Crippen LogP contribution is 2.19. The van der Waals surface area contributed by atoms with Gasteiger partial charge in [0.2, 0.25) is 12.3 Å². The van der Waals surface area contributed by atoms with E-state index < -0.39 is 0 Å². The van der Waals surface area contributed by atoms with Crippen LogP contribution < -0.4 is 10.6 Å². The molecule has 0 saturated heterocycles. The number of hydrogen-bond acceptors (Lipinski definition) is 2. The molecule has 0 atom stereocenters. The van der Waals surface area contributed by atoms with Crippen LogP contribution in [0.4, 0.5) is 5.69 Å². The molecule has 0 saturated carbocycles. The Labute approximate surface area is 92.6 Å². The van der Waals surface area contributed by atoms with Crippen LogP contribution in [-0.2, 0) is 9.59 Å². The molecule has 4 nitrogen and oxygen atoms in total. The molecule has 0 aliphatic heterocycles. The lowest BCUT2D eigenvalue weighted by Crippen LogP contribution is -2.26. The molecule has 80 valence electrons. The number of anilines is 1. The summed E-state index contributed by atoms with van der Waals surface area (Å²) in [7, 11) is 0. The van der Waals surface area contributed by atoms with Gasteiger partial charge in [-0.3, -0.25) is 9.59 Å². The Morgan fingerprint density at radius 2 is 2.27 bits per heavy atom. The molecule has 15 heavy (non-hydrogen) atoms. The van der Waals surface area contributed by atoms with Crippen LogP contribution in [0.3, 0.4) is 0 Å². The van der Waals surface area contributed by atoms with Crippen LogP contribution in [0.1, 0.15) is 5.56 Å². The first-order valence-corrected chi connectivity index (χ1v) is 4.74. The maximum Gasteiger partial charge on any atom is 0.243 e. The largest absolute Gasteiger partial charge is 0.350 e. The Kier molecular flexibility index (Phi) is 4.12. The highest BCUT2D eigenvalue weighted by atomic mass is 35.5. The van der Waals surface area contributed by atoms with Crippen molar-refractivity contribution in [3.05, 3.63) is 28.8 Å². The SMILES string of the molecule is Cc1cc(NC(=O)CNC=O)ccc1Cl. The first kappa shape index (κ1) is 11.5. The van der Waals surface area contributed by atoms with Gasteiger partial charge in [0, 0.05) is 10.7 Å². The number of carbonyl (C=O) groups is 2. The molecule has 0 fully saturated rings. The third kappa shape index (κ3) is 3.59. The minimum Gasteiger partial charge on any atom is -0.350 e. The summed E-state index contributed by atoms with van der Waals surface area (Å²) in [6, 6.07) is 5.18. The van der Waals surface area contributed by atoms with E-state index in [1.54, 1.807) is 18.2 Å². The van der Waals surface area contributed by atoms with Crippen molar-refractivity contribution in [3.63, 3.8) is 0 Å². The molecule has 0 bridgehead atoms. The van der Waals surface area contributed by atoms with Gasteiger partial charge in [-0.05, 0) is 30.7 Å². The lowest BCUT2D eigenvalue weighted by Gasteiger charge is -2.06. The minimum absolute atomic E-state index is 0.0365. The summed E-state index contributed by atoms with van der Waals surface area (Å²) in [5, 5.41) is 5.55. The average Bonchev–Trinajstić information content (AvgIpc) is 2.20. The number of amides is 2. The molecule has 2 N–H and O–H groups in total. The third-order valence-electron chi connectivity index (χ3n) is 1.79. The van der Waals surface area contributed by atoms with E-state index in [2.05, 4.69) is 10.6 Å². The maximum absolute atomic E-state index is 11.2. The predicted octanol–water partition coefficient (Wildman–Crippen LogP) is 1.33. The molecule has 0 radical (unpaired) electrons. The van der Waals surface area contributed by atoms with Gasteiger partial charge in [0.25, 0.3) is 0 Å². The van der Waals surface area contributed by atoms with Crippen molar-refractivity contribution in [2.45, 2.75) is 6.92 Å². The van der Waals surface area contributed by atoms with Crippen LogP contribution in [0.5, 0.6) is 0 Å². The van der Waals surface area contributed by atoms with Gasteiger partial charge in [0.1, 0.15) is 0 Å². The number of nitrogens with one attached hydrogen (secondary N) is 2. The van der Waals surface area contributed by atoms with Crippen molar-refractivity contribution in [2.24, 2.45) is 0 Å². The lowest BCUT2D eigenvalue weighted by molar-refractivity contribution is -0.118. The monoisotopic (exact) mass is 226 g/mol. The second kappa shape index (κ2) is 5.36. The number of aryl methyl sites for hydroxylation is 1. The molecule has 0 aromatic heterocycles. The average molecular weight is 227 g/mol. The van der Waals surface area contributed by atoms with Crippen molar-refractivity contribution in [1.29, 1.82) is 0 Å². The number of halogens is 1. The molecule has 0 aliphatic carbocycles. The van der Waals surface area contributed by atoms with Gasteiger partial charge in [0.05, 0.1) is 6.54 Å². The number of carbonyl (C=O) groups excluding carboxylic acids is 2. The molecule has 1 rings (SSSR count). The smallest absolute Gasteiger partial charge is 0.243 e. The summed E-state index contributed by atoms with van der Waals surface area (Å²) >= 11 is 5.83. The highest BCUT2D eigenvalue weighted by molar-refractivity contribution is 6.31. The van der Waals surface area contributed by atoms with E-state index in [-0.39, 0.29) is 12.5 Å². The lowest BCUT2D eigenvalue weighted by atomic mass is 10.2. The standard InChI is InChI=1S/C10H11ClN2O2/c1-7-4-8(2-3-9(7)11)13-10(15)5-12-6-14/h2-4,6H,5H2,1H3,(H,12,14)(H,13,15). The second-order valence-electron chi connectivity index (χ2n) is 3.01. The number of hydrogen-bond donors (Lipinski definition) is 2. The van der Waals surface area contributed by atoms with Gasteiger partial charge in [-0.25, -0.2) is 0 Å². The van der Waals surface area contributed by atoms with E-state index in [9.17, 15) is 9.59 Å². The van der Waals surface area contributed by atoms with E-state index in [0.29, 0.717) is 17.1 Å². The quantitative estimate of drug-likeness (QED) is 0.761. The van der Waals surface area contributed by atoms with E-state index in [4.69, 9.17) is 11.6 Å². The van der Waals surface area contributed by atoms with Crippen LogP contribution in [0.25, 0.3) is 0 Å². The summed E-state index contributed by atoms with van der Waals surface area (Å²) in [6.07, 6.45) is 0.479. The van der Waals surface area contributed by atoms with E-state index in [1.807, 2.05) is 6.92 Å². The van der Waals surface area contributed by atoms with Gasteiger partial charge < -0.3 is 10.6 Å². The molecule has 1 aromatic carbocycles. The summed E-state index contributed by atoms with van der Waals surface area (Å²) in [6.45, 7) is 1.81. The number of rotatable bonds is 4. The Balaban J connectivity index is 2.60. The van der Waals surface area contributed by atoms with Gasteiger partial charge in [0.15, 0.2) is 0 Å². The van der Waals surface area contributed by atoms with Gasteiger partial charge in [-0.2, -0.15) is 0 Å². The second-order valence-corrected chi connectivity index (χ2v) is 3.42. The number of benzene rings is 1. The van der Waals surface area contributed by atoms with Crippen LogP contribution in [0.2, 0.25) is 5.02 Å². The normalized spacial score (nSPS) is 9.47. The molecule has 0 unspecified atom stereocenters. The molecule has 5 heteroatoms.